The summed E-state index contributed by atoms with van der Waals surface area (Å²) in [4.78, 5) is 9.59. The van der Waals surface area contributed by atoms with Gasteiger partial charge in [-0.15, -0.1) is 0 Å². The number of hydrogen-bond acceptors (Lipinski definition) is 3. The second-order valence-electron chi connectivity index (χ2n) is 7.45. The maximum atomic E-state index is 5.86. The third-order valence-corrected chi connectivity index (χ3v) is 5.57. The van der Waals surface area contributed by atoms with Crippen LogP contribution in [0.1, 0.15) is 29.1 Å². The molecule has 0 unspecified atom stereocenters. The van der Waals surface area contributed by atoms with E-state index >= 15 is 0 Å². The lowest BCUT2D eigenvalue weighted by Gasteiger charge is -2.08. The van der Waals surface area contributed by atoms with Crippen LogP contribution in [0.5, 0.6) is 0 Å². The van der Waals surface area contributed by atoms with Crippen molar-refractivity contribution < 1.29 is 0 Å². The van der Waals surface area contributed by atoms with Crippen LogP contribution >= 0.6 is 15.9 Å². The quantitative estimate of drug-likeness (QED) is 0.301. The molecule has 0 amide bonds. The monoisotopic (exact) mass is 469 g/mol. The van der Waals surface area contributed by atoms with E-state index in [1.807, 2.05) is 48.6 Å². The summed E-state index contributed by atoms with van der Waals surface area (Å²) in [5, 5.41) is 0. The summed E-state index contributed by atoms with van der Waals surface area (Å²) in [6.45, 7) is 0. The van der Waals surface area contributed by atoms with Crippen molar-refractivity contribution in [3.63, 3.8) is 0 Å². The molecule has 0 saturated carbocycles. The van der Waals surface area contributed by atoms with E-state index in [0.717, 1.165) is 51.9 Å². The normalized spacial score (nSPS) is 11.1. The Morgan fingerprint density at radius 1 is 0.774 bits per heavy atom. The van der Waals surface area contributed by atoms with Gasteiger partial charge in [0.2, 0.25) is 0 Å². The first-order valence-electron chi connectivity index (χ1n) is 10.4. The van der Waals surface area contributed by atoms with Gasteiger partial charge in [-0.2, -0.15) is 0 Å². The fraction of sp³-hybridized carbons (Fsp3) is 0.111. The summed E-state index contributed by atoms with van der Waals surface area (Å²) < 4.78 is 1.06. The molecule has 1 heterocycles. The second-order valence-corrected chi connectivity index (χ2v) is 8.36. The third kappa shape index (κ3) is 6.12. The SMILES string of the molecule is Nc1ccc(-c2cc(CCCc3ccccc3)nc(C=Cc3ccc(Br)cc3)n2)cc1. The van der Waals surface area contributed by atoms with Gasteiger partial charge in [0.15, 0.2) is 5.82 Å². The largest absolute Gasteiger partial charge is 0.399 e. The lowest BCUT2D eigenvalue weighted by molar-refractivity contribution is 0.794. The average Bonchev–Trinajstić information content (AvgIpc) is 2.80. The van der Waals surface area contributed by atoms with Crippen molar-refractivity contribution >= 4 is 33.8 Å². The van der Waals surface area contributed by atoms with Gasteiger partial charge < -0.3 is 5.73 Å². The van der Waals surface area contributed by atoms with E-state index < -0.39 is 0 Å². The summed E-state index contributed by atoms with van der Waals surface area (Å²) in [5.41, 5.74) is 12.1. The van der Waals surface area contributed by atoms with Crippen LogP contribution < -0.4 is 5.73 Å². The molecule has 0 fully saturated rings. The number of benzene rings is 3. The highest BCUT2D eigenvalue weighted by Crippen LogP contribution is 2.21. The summed E-state index contributed by atoms with van der Waals surface area (Å²) in [7, 11) is 0. The third-order valence-electron chi connectivity index (χ3n) is 5.04. The maximum absolute atomic E-state index is 5.86. The smallest absolute Gasteiger partial charge is 0.152 e. The standard InChI is InChI=1S/C27H24BrN3/c28-23-14-9-21(10-15-23)11-18-27-30-25(8-4-7-20-5-2-1-3-6-20)19-26(31-27)22-12-16-24(29)17-13-22/h1-3,5-6,9-19H,4,7-8,29H2. The molecular formula is C27H24BrN3. The van der Waals surface area contributed by atoms with Gasteiger partial charge in [0.1, 0.15) is 0 Å². The van der Waals surface area contributed by atoms with Crippen molar-refractivity contribution in [2.75, 3.05) is 5.73 Å². The van der Waals surface area contributed by atoms with E-state index in [4.69, 9.17) is 15.7 Å². The van der Waals surface area contributed by atoms with Crippen molar-refractivity contribution in [3.05, 3.63) is 112 Å². The van der Waals surface area contributed by atoms with Crippen LogP contribution in [0.25, 0.3) is 23.4 Å². The molecule has 31 heavy (non-hydrogen) atoms. The van der Waals surface area contributed by atoms with Crippen molar-refractivity contribution in [3.8, 4) is 11.3 Å². The van der Waals surface area contributed by atoms with Gasteiger partial charge in [-0.25, -0.2) is 9.97 Å². The van der Waals surface area contributed by atoms with E-state index in [2.05, 4.69) is 64.5 Å². The molecule has 0 saturated heterocycles. The molecule has 2 N–H and O–H groups in total. The number of rotatable bonds is 7. The van der Waals surface area contributed by atoms with E-state index in [0.29, 0.717) is 5.82 Å². The summed E-state index contributed by atoms with van der Waals surface area (Å²) in [6.07, 6.45) is 7.00. The molecule has 3 aromatic carbocycles. The predicted molar refractivity (Wildman–Crippen MR) is 133 cm³/mol. The maximum Gasteiger partial charge on any atom is 0.152 e. The van der Waals surface area contributed by atoms with Gasteiger partial charge in [-0.1, -0.05) is 76.6 Å². The zero-order valence-electron chi connectivity index (χ0n) is 17.2. The topological polar surface area (TPSA) is 51.8 Å². The highest BCUT2D eigenvalue weighted by atomic mass is 79.9. The minimum atomic E-state index is 0.715. The Hall–Kier alpha value is -3.24. The van der Waals surface area contributed by atoms with Crippen molar-refractivity contribution in [1.29, 1.82) is 0 Å². The molecular weight excluding hydrogens is 446 g/mol. The van der Waals surface area contributed by atoms with Crippen LogP contribution in [0.15, 0.2) is 89.4 Å². The lowest BCUT2D eigenvalue weighted by atomic mass is 10.1. The van der Waals surface area contributed by atoms with Crippen LogP contribution in [0, 0.1) is 0 Å². The second kappa shape index (κ2) is 10.2. The number of hydrogen-bond donors (Lipinski definition) is 1. The first kappa shape index (κ1) is 21.0. The molecule has 1 aromatic heterocycles. The average molecular weight is 470 g/mol. The highest BCUT2D eigenvalue weighted by Gasteiger charge is 2.06. The molecule has 3 nitrogen and oxygen atoms in total. The number of anilines is 1. The summed E-state index contributed by atoms with van der Waals surface area (Å²) >= 11 is 3.47. The Bertz CT molecular complexity index is 1150. The van der Waals surface area contributed by atoms with Crippen molar-refractivity contribution in [2.45, 2.75) is 19.3 Å². The molecule has 0 aliphatic carbocycles. The number of halogens is 1. The van der Waals surface area contributed by atoms with Gasteiger partial charge in [0, 0.05) is 21.4 Å². The lowest BCUT2D eigenvalue weighted by Crippen LogP contribution is -1.99. The van der Waals surface area contributed by atoms with E-state index in [1.54, 1.807) is 0 Å². The fourth-order valence-electron chi connectivity index (χ4n) is 3.39. The number of nitrogens with zero attached hydrogens (tertiary/aromatic N) is 2. The molecule has 0 bridgehead atoms. The number of aromatic nitrogens is 2. The van der Waals surface area contributed by atoms with Gasteiger partial charge >= 0.3 is 0 Å². The Labute approximate surface area is 191 Å². The Morgan fingerprint density at radius 3 is 2.26 bits per heavy atom. The summed E-state index contributed by atoms with van der Waals surface area (Å²) in [6, 6.07) is 28.7. The predicted octanol–water partition coefficient (Wildman–Crippen LogP) is 6.83. The van der Waals surface area contributed by atoms with Crippen LogP contribution in [-0.4, -0.2) is 9.97 Å². The minimum absolute atomic E-state index is 0.715. The zero-order chi connectivity index (χ0) is 21.5. The molecule has 4 rings (SSSR count). The molecule has 0 aliphatic heterocycles. The highest BCUT2D eigenvalue weighted by molar-refractivity contribution is 9.10. The number of aryl methyl sites for hydroxylation is 2. The Balaban J connectivity index is 1.58. The molecule has 154 valence electrons. The first-order valence-corrected chi connectivity index (χ1v) is 11.2. The zero-order valence-corrected chi connectivity index (χ0v) is 18.8. The molecule has 0 radical (unpaired) electrons. The number of nitrogen functional groups attached to an aromatic ring is 1. The minimum Gasteiger partial charge on any atom is -0.399 e. The molecule has 4 heteroatoms. The van der Waals surface area contributed by atoms with E-state index in [-0.39, 0.29) is 0 Å². The summed E-state index contributed by atoms with van der Waals surface area (Å²) in [5.74, 6) is 0.715. The van der Waals surface area contributed by atoms with E-state index in [9.17, 15) is 0 Å². The van der Waals surface area contributed by atoms with Crippen LogP contribution in [0.3, 0.4) is 0 Å². The first-order chi connectivity index (χ1) is 15.2. The number of nitrogens with two attached hydrogens (primary N) is 1. The molecule has 0 atom stereocenters. The van der Waals surface area contributed by atoms with Crippen LogP contribution in [0.2, 0.25) is 0 Å². The Kier molecular flexibility index (Phi) is 6.90. The molecule has 0 spiro atoms. The van der Waals surface area contributed by atoms with Gasteiger partial charge in [-0.05, 0) is 66.8 Å². The van der Waals surface area contributed by atoms with E-state index in [1.165, 1.54) is 5.56 Å². The Morgan fingerprint density at radius 2 is 1.52 bits per heavy atom. The van der Waals surface area contributed by atoms with Crippen LogP contribution in [-0.2, 0) is 12.8 Å². The van der Waals surface area contributed by atoms with Crippen molar-refractivity contribution in [1.82, 2.24) is 9.97 Å². The molecule has 4 aromatic rings. The van der Waals surface area contributed by atoms with Gasteiger partial charge in [-0.3, -0.25) is 0 Å². The van der Waals surface area contributed by atoms with Crippen molar-refractivity contribution in [2.24, 2.45) is 0 Å². The van der Waals surface area contributed by atoms with Crippen LogP contribution in [0.4, 0.5) is 5.69 Å². The fourth-order valence-corrected chi connectivity index (χ4v) is 3.65. The van der Waals surface area contributed by atoms with Gasteiger partial charge in [0.25, 0.3) is 0 Å². The van der Waals surface area contributed by atoms with Gasteiger partial charge in [0.05, 0.1) is 5.69 Å². The molecule has 0 aliphatic rings.